The summed E-state index contributed by atoms with van der Waals surface area (Å²) >= 11 is 5.99. The normalized spacial score (nSPS) is 14.1. The third kappa shape index (κ3) is 7.72. The minimum Gasteiger partial charge on any atom is -0.389 e. The molecule has 0 aliphatic heterocycles. The molecule has 1 saturated carbocycles. The molecule has 184 valence electrons. The fraction of sp³-hybridized carbons (Fsp3) is 0.391. The second kappa shape index (κ2) is 11.2. The number of amides is 2. The van der Waals surface area contributed by atoms with E-state index < -0.39 is 17.4 Å². The van der Waals surface area contributed by atoms with Gasteiger partial charge in [0, 0.05) is 18.7 Å². The lowest BCUT2D eigenvalue weighted by molar-refractivity contribution is 0.0694. The summed E-state index contributed by atoms with van der Waals surface area (Å²) in [5, 5.41) is 15.3. The Morgan fingerprint density at radius 2 is 2.03 bits per heavy atom. The lowest BCUT2D eigenvalue weighted by atomic mass is 10.1. The van der Waals surface area contributed by atoms with Crippen molar-refractivity contribution in [3.05, 3.63) is 40.6 Å². The molecule has 0 spiro atoms. The van der Waals surface area contributed by atoms with Gasteiger partial charge in [0.25, 0.3) is 11.8 Å². The maximum Gasteiger partial charge on any atom is 0.278 e. The maximum absolute atomic E-state index is 13.3. The van der Waals surface area contributed by atoms with Crippen LogP contribution >= 0.6 is 11.6 Å². The Hall–Kier alpha value is -3.57. The Morgan fingerprint density at radius 3 is 2.69 bits per heavy atom. The molecule has 11 nitrogen and oxygen atoms in total. The van der Waals surface area contributed by atoms with Gasteiger partial charge in [-0.1, -0.05) is 11.6 Å². The molecule has 2 aromatic rings. The van der Waals surface area contributed by atoms with E-state index >= 15 is 0 Å². The molecule has 1 aliphatic carbocycles. The fourth-order valence-corrected chi connectivity index (χ4v) is 3.08. The van der Waals surface area contributed by atoms with Gasteiger partial charge in [0.15, 0.2) is 11.5 Å². The average molecular weight is 499 g/mol. The Balaban J connectivity index is 1.92. The summed E-state index contributed by atoms with van der Waals surface area (Å²) in [5.41, 5.74) is 0.284. The van der Waals surface area contributed by atoms with Crippen LogP contribution in [0.4, 0.5) is 11.5 Å². The smallest absolute Gasteiger partial charge is 0.278 e. The number of nitrogens with zero attached hydrogens (tertiary/aromatic N) is 6. The highest BCUT2D eigenvalue weighted by atomic mass is 35.5. The van der Waals surface area contributed by atoms with Crippen molar-refractivity contribution in [1.29, 1.82) is 0 Å². The summed E-state index contributed by atoms with van der Waals surface area (Å²) in [4.78, 5) is 50.9. The third-order valence-electron chi connectivity index (χ3n) is 4.77. The van der Waals surface area contributed by atoms with Crippen LogP contribution in [0.15, 0.2) is 33.4 Å². The second-order valence-corrected chi connectivity index (χ2v) is 9.06. The van der Waals surface area contributed by atoms with Gasteiger partial charge in [0.05, 0.1) is 40.7 Å². The predicted octanol–water partition coefficient (Wildman–Crippen LogP) is 2.98. The monoisotopic (exact) mass is 498 g/mol. The van der Waals surface area contributed by atoms with Gasteiger partial charge in [-0.15, -0.1) is 0 Å². The Bertz CT molecular complexity index is 1190. The van der Waals surface area contributed by atoms with Crippen molar-refractivity contribution in [1.82, 2.24) is 20.3 Å². The first-order valence-electron chi connectivity index (χ1n) is 10.9. The number of rotatable bonds is 10. The Kier molecular flexibility index (Phi) is 8.36. The zero-order chi connectivity index (χ0) is 25.6. The Labute approximate surface area is 207 Å². The first-order chi connectivity index (χ1) is 16.6. The lowest BCUT2D eigenvalue weighted by Crippen LogP contribution is -2.38. The van der Waals surface area contributed by atoms with Gasteiger partial charge in [-0.3, -0.25) is 19.6 Å². The molecule has 2 heterocycles. The van der Waals surface area contributed by atoms with Gasteiger partial charge >= 0.3 is 0 Å². The minimum absolute atomic E-state index is 0.00166. The van der Waals surface area contributed by atoms with Crippen LogP contribution in [0.2, 0.25) is 5.15 Å². The summed E-state index contributed by atoms with van der Waals surface area (Å²) in [5.74, 6) is -0.784. The predicted molar refractivity (Wildman–Crippen MR) is 136 cm³/mol. The summed E-state index contributed by atoms with van der Waals surface area (Å²) < 4.78 is 0. The molecule has 35 heavy (non-hydrogen) atoms. The van der Waals surface area contributed by atoms with Gasteiger partial charge in [-0.2, -0.15) is 0 Å². The second-order valence-electron chi connectivity index (χ2n) is 8.67. The van der Waals surface area contributed by atoms with Crippen molar-refractivity contribution in [2.45, 2.75) is 45.1 Å². The van der Waals surface area contributed by atoms with Gasteiger partial charge in [-0.05, 0) is 46.4 Å². The Morgan fingerprint density at radius 1 is 1.29 bits per heavy atom. The number of carbonyl (C=O) groups excluding carboxylic acids is 2. The van der Waals surface area contributed by atoms with Crippen LogP contribution in [0.5, 0.6) is 0 Å². The topological polar surface area (TPSA) is 154 Å². The highest BCUT2D eigenvalue weighted by molar-refractivity contribution is 6.30. The number of nitrogens with one attached hydrogen (secondary N) is 2. The SMILES string of the molecule is C=NCN=CC(C)=Nc1ncc(C2CC2)nc1C(=O)Nc1cnc(Cl)cc1C(=O)NCC(C)(C)O. The first kappa shape index (κ1) is 26.0. The fourth-order valence-electron chi connectivity index (χ4n) is 2.92. The molecule has 0 unspecified atom stereocenters. The van der Waals surface area contributed by atoms with Crippen LogP contribution in [-0.4, -0.2) is 69.3 Å². The van der Waals surface area contributed by atoms with Crippen LogP contribution in [-0.2, 0) is 0 Å². The molecule has 2 aromatic heterocycles. The van der Waals surface area contributed by atoms with E-state index in [2.05, 4.69) is 47.3 Å². The van der Waals surface area contributed by atoms with E-state index in [0.29, 0.717) is 11.4 Å². The molecule has 0 bridgehead atoms. The zero-order valence-corrected chi connectivity index (χ0v) is 20.5. The van der Waals surface area contributed by atoms with E-state index in [1.54, 1.807) is 27.0 Å². The van der Waals surface area contributed by atoms with Crippen molar-refractivity contribution < 1.29 is 14.7 Å². The summed E-state index contributed by atoms with van der Waals surface area (Å²) in [7, 11) is 0. The molecular formula is C23H27ClN8O3. The van der Waals surface area contributed by atoms with Crippen molar-refractivity contribution in [2.24, 2.45) is 15.0 Å². The number of pyridine rings is 1. The quantitative estimate of drug-likeness (QED) is 0.338. The number of anilines is 1. The van der Waals surface area contributed by atoms with E-state index in [9.17, 15) is 14.7 Å². The molecule has 0 atom stereocenters. The van der Waals surface area contributed by atoms with Crippen molar-refractivity contribution >= 4 is 53.6 Å². The van der Waals surface area contributed by atoms with E-state index in [1.807, 2.05) is 0 Å². The van der Waals surface area contributed by atoms with Crippen molar-refractivity contribution in [3.8, 4) is 0 Å². The van der Waals surface area contributed by atoms with Gasteiger partial charge < -0.3 is 15.7 Å². The van der Waals surface area contributed by atoms with Crippen molar-refractivity contribution in [2.75, 3.05) is 18.5 Å². The summed E-state index contributed by atoms with van der Waals surface area (Å²) in [6, 6.07) is 1.33. The van der Waals surface area contributed by atoms with Crippen LogP contribution < -0.4 is 10.6 Å². The molecule has 1 fully saturated rings. The van der Waals surface area contributed by atoms with E-state index in [1.165, 1.54) is 18.5 Å². The molecule has 0 radical (unpaired) electrons. The highest BCUT2D eigenvalue weighted by Crippen LogP contribution is 2.39. The molecule has 12 heteroatoms. The van der Waals surface area contributed by atoms with Crippen LogP contribution in [0.25, 0.3) is 0 Å². The number of aliphatic imine (C=N–C) groups is 3. The number of hydrogen-bond donors (Lipinski definition) is 3. The average Bonchev–Trinajstić information content (AvgIpc) is 3.64. The van der Waals surface area contributed by atoms with Crippen LogP contribution in [0, 0.1) is 0 Å². The number of aliphatic hydroxyl groups is 1. The maximum atomic E-state index is 13.3. The number of hydrogen-bond acceptors (Lipinski definition) is 9. The number of carbonyl (C=O) groups is 2. The van der Waals surface area contributed by atoms with Crippen molar-refractivity contribution in [3.63, 3.8) is 0 Å². The van der Waals surface area contributed by atoms with E-state index in [4.69, 9.17) is 11.6 Å². The minimum atomic E-state index is -1.12. The molecule has 3 N–H and O–H groups in total. The molecule has 2 amide bonds. The third-order valence-corrected chi connectivity index (χ3v) is 4.98. The van der Waals surface area contributed by atoms with Gasteiger partial charge in [0.2, 0.25) is 0 Å². The van der Waals surface area contributed by atoms with Gasteiger partial charge in [0.1, 0.15) is 11.8 Å². The molecule has 3 rings (SSSR count). The summed E-state index contributed by atoms with van der Waals surface area (Å²) in [6.45, 7) is 8.38. The highest BCUT2D eigenvalue weighted by Gasteiger charge is 2.28. The van der Waals surface area contributed by atoms with E-state index in [0.717, 1.165) is 12.8 Å². The van der Waals surface area contributed by atoms with Crippen LogP contribution in [0.3, 0.4) is 0 Å². The number of halogens is 1. The summed E-state index contributed by atoms with van der Waals surface area (Å²) in [6.07, 6.45) is 6.35. The zero-order valence-electron chi connectivity index (χ0n) is 19.7. The molecule has 1 aliphatic rings. The first-order valence-corrected chi connectivity index (χ1v) is 11.3. The van der Waals surface area contributed by atoms with E-state index in [-0.39, 0.29) is 47.0 Å². The van der Waals surface area contributed by atoms with Gasteiger partial charge in [-0.25, -0.2) is 19.9 Å². The van der Waals surface area contributed by atoms with Crippen LogP contribution in [0.1, 0.15) is 66.1 Å². The molecular weight excluding hydrogens is 472 g/mol. The lowest BCUT2D eigenvalue weighted by Gasteiger charge is -2.18. The largest absolute Gasteiger partial charge is 0.389 e. The standard InChI is InChI=1S/C23H27ClN8O3/c1-13(8-26-12-25-4)30-20-19(31-16(9-28-20)14-5-6-14)22(34)32-17-10-27-18(24)7-15(17)21(33)29-11-23(2,3)35/h7-10,14,35H,4-6,11-12H2,1-3H3,(H,29,33)(H,32,34). The molecule has 0 aromatic carbocycles. The number of aromatic nitrogens is 3. The molecule has 0 saturated heterocycles.